The summed E-state index contributed by atoms with van der Waals surface area (Å²) in [7, 11) is 1.35. The lowest BCUT2D eigenvalue weighted by molar-refractivity contribution is -0.136. The van der Waals surface area contributed by atoms with E-state index in [-0.39, 0.29) is 5.91 Å². The van der Waals surface area contributed by atoms with Gasteiger partial charge in [0.05, 0.1) is 18.3 Å². The second-order valence-corrected chi connectivity index (χ2v) is 9.40. The van der Waals surface area contributed by atoms with Crippen molar-refractivity contribution < 1.29 is 14.3 Å². The van der Waals surface area contributed by atoms with Crippen LogP contribution in [0.4, 0.5) is 0 Å². The molecule has 1 amide bonds. The van der Waals surface area contributed by atoms with Gasteiger partial charge in [0.2, 0.25) is 0 Å². The monoisotopic (exact) mass is 478 g/mol. The molecule has 0 N–H and O–H groups in total. The number of aromatic nitrogens is 1. The van der Waals surface area contributed by atoms with Crippen LogP contribution in [0.25, 0.3) is 11.8 Å². The summed E-state index contributed by atoms with van der Waals surface area (Å²) >= 11 is 6.06. The zero-order valence-corrected chi connectivity index (χ0v) is 21.0. The fourth-order valence-electron chi connectivity index (χ4n) is 4.96. The third-order valence-electron chi connectivity index (χ3n) is 6.80. The van der Waals surface area contributed by atoms with Gasteiger partial charge in [-0.15, -0.1) is 0 Å². The van der Waals surface area contributed by atoms with Crippen LogP contribution in [-0.2, 0) is 14.3 Å². The Bertz CT molecular complexity index is 1220. The zero-order chi connectivity index (χ0) is 24.4. The van der Waals surface area contributed by atoms with E-state index in [1.54, 1.807) is 4.90 Å². The average molecular weight is 479 g/mol. The maximum atomic E-state index is 13.5. The second-order valence-electron chi connectivity index (χ2n) is 8.96. The first-order chi connectivity index (χ1) is 16.3. The van der Waals surface area contributed by atoms with Crippen molar-refractivity contribution in [2.45, 2.75) is 52.9 Å². The first-order valence-electron chi connectivity index (χ1n) is 11.8. The second kappa shape index (κ2) is 10.1. The van der Waals surface area contributed by atoms with Crippen LogP contribution in [0.15, 0.2) is 58.8 Å². The number of carbonyl (C=O) groups is 2. The van der Waals surface area contributed by atoms with E-state index < -0.39 is 5.97 Å². The molecule has 0 unspecified atom stereocenters. The molecule has 34 heavy (non-hydrogen) atoms. The van der Waals surface area contributed by atoms with Gasteiger partial charge in [0, 0.05) is 34.3 Å². The van der Waals surface area contributed by atoms with Gasteiger partial charge < -0.3 is 14.2 Å². The van der Waals surface area contributed by atoms with Crippen molar-refractivity contribution in [2.75, 3.05) is 13.7 Å². The van der Waals surface area contributed by atoms with E-state index in [1.165, 1.54) is 25.5 Å². The lowest BCUT2D eigenvalue weighted by atomic mass is 9.97. The summed E-state index contributed by atoms with van der Waals surface area (Å²) in [6, 6.07) is 9.67. The molecule has 0 fully saturated rings. The minimum Gasteiger partial charge on any atom is -0.465 e. The summed E-state index contributed by atoms with van der Waals surface area (Å²) in [6.07, 6.45) is 9.60. The molecule has 2 aromatic rings. The predicted octanol–water partition coefficient (Wildman–Crippen LogP) is 6.31. The number of nitrogens with zero attached hydrogens (tertiary/aromatic N) is 2. The number of hydrogen-bond donors (Lipinski definition) is 0. The highest BCUT2D eigenvalue weighted by atomic mass is 35.5. The molecule has 2 heterocycles. The average Bonchev–Trinajstić information content (AvgIpc) is 3.24. The molecular weight excluding hydrogens is 448 g/mol. The Kier molecular flexibility index (Phi) is 7.13. The Morgan fingerprint density at radius 1 is 1.15 bits per heavy atom. The molecular formula is C28H31ClN2O3. The zero-order valence-electron chi connectivity index (χ0n) is 20.3. The molecule has 178 valence electrons. The molecule has 0 spiro atoms. The molecule has 1 aromatic carbocycles. The fraction of sp³-hybridized carbons (Fsp3) is 0.357. The number of esters is 1. The topological polar surface area (TPSA) is 51.5 Å². The molecule has 1 aliphatic heterocycles. The van der Waals surface area contributed by atoms with E-state index in [0.717, 1.165) is 41.9 Å². The van der Waals surface area contributed by atoms with Crippen molar-refractivity contribution in [3.63, 3.8) is 0 Å². The Morgan fingerprint density at radius 2 is 1.88 bits per heavy atom. The largest absolute Gasteiger partial charge is 0.465 e. The summed E-state index contributed by atoms with van der Waals surface area (Å²) in [5, 5.41) is 0.678. The van der Waals surface area contributed by atoms with Crippen LogP contribution in [0.2, 0.25) is 5.02 Å². The molecule has 4 rings (SSSR count). The Hall–Kier alpha value is -3.05. The number of hydrogen-bond acceptors (Lipinski definition) is 3. The van der Waals surface area contributed by atoms with Crippen molar-refractivity contribution in [3.8, 4) is 5.69 Å². The predicted molar refractivity (Wildman–Crippen MR) is 136 cm³/mol. The number of methoxy groups -OCH3 is 1. The maximum absolute atomic E-state index is 13.5. The maximum Gasteiger partial charge on any atom is 0.340 e. The van der Waals surface area contributed by atoms with Crippen molar-refractivity contribution in [3.05, 3.63) is 80.8 Å². The van der Waals surface area contributed by atoms with E-state index in [9.17, 15) is 9.59 Å². The summed E-state index contributed by atoms with van der Waals surface area (Å²) in [5.74, 6) is -0.631. The van der Waals surface area contributed by atoms with E-state index in [2.05, 4.69) is 10.6 Å². The molecule has 6 heteroatoms. The number of aryl methyl sites for hydroxylation is 1. The van der Waals surface area contributed by atoms with Gasteiger partial charge in [-0.25, -0.2) is 4.79 Å². The van der Waals surface area contributed by atoms with E-state index in [1.807, 2.05) is 57.2 Å². The molecule has 0 radical (unpaired) electrons. The van der Waals surface area contributed by atoms with Crippen molar-refractivity contribution in [1.82, 2.24) is 9.47 Å². The SMILES string of the molecule is COC(=O)C1=C(C)N(CCC2=CCCCC2)C(=O)/C1=C\c1cc(C)n(-c2ccc(Cl)cc2)c1C. The van der Waals surface area contributed by atoms with E-state index in [0.29, 0.717) is 28.4 Å². The lowest BCUT2D eigenvalue weighted by Crippen LogP contribution is -2.26. The number of benzene rings is 1. The van der Waals surface area contributed by atoms with Gasteiger partial charge in [-0.05, 0) is 94.8 Å². The number of rotatable bonds is 6. The van der Waals surface area contributed by atoms with Crippen LogP contribution in [0.5, 0.6) is 0 Å². The molecule has 5 nitrogen and oxygen atoms in total. The highest BCUT2D eigenvalue weighted by Crippen LogP contribution is 2.34. The number of carbonyl (C=O) groups excluding carboxylic acids is 2. The van der Waals surface area contributed by atoms with Gasteiger partial charge in [0.25, 0.3) is 5.91 Å². The van der Waals surface area contributed by atoms with Gasteiger partial charge in [-0.3, -0.25) is 4.79 Å². The van der Waals surface area contributed by atoms with Crippen LogP contribution < -0.4 is 0 Å². The van der Waals surface area contributed by atoms with Gasteiger partial charge in [0.15, 0.2) is 0 Å². The minimum atomic E-state index is -0.483. The summed E-state index contributed by atoms with van der Waals surface area (Å²) < 4.78 is 7.17. The van der Waals surface area contributed by atoms with E-state index in [4.69, 9.17) is 16.3 Å². The van der Waals surface area contributed by atoms with Gasteiger partial charge in [-0.2, -0.15) is 0 Å². The van der Waals surface area contributed by atoms with E-state index >= 15 is 0 Å². The smallest absolute Gasteiger partial charge is 0.340 e. The molecule has 2 aliphatic rings. The van der Waals surface area contributed by atoms with Gasteiger partial charge in [-0.1, -0.05) is 23.3 Å². The third-order valence-corrected chi connectivity index (χ3v) is 7.05. The molecule has 0 saturated carbocycles. The minimum absolute atomic E-state index is 0.148. The number of allylic oxidation sites excluding steroid dienone is 2. The highest BCUT2D eigenvalue weighted by molar-refractivity contribution is 6.30. The van der Waals surface area contributed by atoms with Crippen molar-refractivity contribution in [1.29, 1.82) is 0 Å². The summed E-state index contributed by atoms with van der Waals surface area (Å²) in [4.78, 5) is 27.9. The lowest BCUT2D eigenvalue weighted by Gasteiger charge is -2.20. The highest BCUT2D eigenvalue weighted by Gasteiger charge is 2.37. The van der Waals surface area contributed by atoms with Gasteiger partial charge >= 0.3 is 5.97 Å². The number of amides is 1. The molecule has 1 aromatic heterocycles. The van der Waals surface area contributed by atoms with Crippen LogP contribution in [0.3, 0.4) is 0 Å². The van der Waals surface area contributed by atoms with Gasteiger partial charge in [0.1, 0.15) is 0 Å². The number of ether oxygens (including phenoxy) is 1. The van der Waals surface area contributed by atoms with Crippen LogP contribution in [-0.4, -0.2) is 35.0 Å². The molecule has 1 aliphatic carbocycles. The Balaban J connectivity index is 1.69. The fourth-order valence-corrected chi connectivity index (χ4v) is 5.09. The quantitative estimate of drug-likeness (QED) is 0.277. The molecule has 0 saturated heterocycles. The normalized spacial score (nSPS) is 17.6. The van der Waals surface area contributed by atoms with Crippen LogP contribution >= 0.6 is 11.6 Å². The molecule has 0 atom stereocenters. The number of halogens is 1. The van der Waals surface area contributed by atoms with Crippen molar-refractivity contribution in [2.24, 2.45) is 0 Å². The molecule has 0 bridgehead atoms. The summed E-state index contributed by atoms with van der Waals surface area (Å²) in [5.41, 5.74) is 6.68. The first-order valence-corrected chi connectivity index (χ1v) is 12.2. The summed E-state index contributed by atoms with van der Waals surface area (Å²) in [6.45, 7) is 6.43. The standard InChI is InChI=1S/C28H31ClN2O3/c1-18-16-22(19(2)31(18)24-12-10-23(29)11-13-24)17-25-26(28(33)34-4)20(3)30(27(25)32)15-14-21-8-6-5-7-9-21/h8,10-13,16-17H,5-7,9,14-15H2,1-4H3/b25-17-. The third kappa shape index (κ3) is 4.62. The first kappa shape index (κ1) is 24.1. The van der Waals surface area contributed by atoms with Crippen molar-refractivity contribution >= 4 is 29.6 Å². The Labute approximate surface area is 206 Å². The van der Waals surface area contributed by atoms with Crippen LogP contribution in [0, 0.1) is 13.8 Å². The van der Waals surface area contributed by atoms with Crippen LogP contribution in [0.1, 0.15) is 56.0 Å². The Morgan fingerprint density at radius 3 is 2.53 bits per heavy atom.